The molecule has 1 fully saturated rings. The summed E-state index contributed by atoms with van der Waals surface area (Å²) in [6, 6.07) is 13.3. The fraction of sp³-hybridized carbons (Fsp3) is 0.464. The van der Waals surface area contributed by atoms with E-state index in [9.17, 15) is 8.42 Å². The van der Waals surface area contributed by atoms with Crippen molar-refractivity contribution in [2.24, 2.45) is 5.92 Å². The maximum absolute atomic E-state index is 13.4. The van der Waals surface area contributed by atoms with E-state index < -0.39 is 10.0 Å². The summed E-state index contributed by atoms with van der Waals surface area (Å²) in [6.45, 7) is 11.1. The summed E-state index contributed by atoms with van der Waals surface area (Å²) < 4.78 is 29.6. The lowest BCUT2D eigenvalue weighted by atomic mass is 9.87. The number of nitrogens with zero attached hydrogens (tertiary/aromatic N) is 1. The Morgan fingerprint density at radius 1 is 1.03 bits per heavy atom. The summed E-state index contributed by atoms with van der Waals surface area (Å²) in [5.74, 6) is 0.718. The van der Waals surface area contributed by atoms with E-state index in [1.807, 2.05) is 44.2 Å². The highest BCUT2D eigenvalue weighted by Gasteiger charge is 2.21. The maximum Gasteiger partial charge on any atom is 0.262 e. The molecule has 1 aliphatic rings. The van der Waals surface area contributed by atoms with Crippen LogP contribution >= 0.6 is 11.3 Å². The molecule has 2 aromatic carbocycles. The minimum absolute atomic E-state index is 0.0658. The topological polar surface area (TPSA) is 71.1 Å². The second-order valence-corrected chi connectivity index (χ2v) is 13.4. The van der Waals surface area contributed by atoms with Gasteiger partial charge in [-0.15, -0.1) is 0 Å². The van der Waals surface area contributed by atoms with Crippen molar-refractivity contribution in [3.63, 3.8) is 0 Å². The zero-order chi connectivity index (χ0) is 25.2. The van der Waals surface area contributed by atoms with Crippen LogP contribution in [0.5, 0.6) is 0 Å². The molecule has 3 aromatic rings. The van der Waals surface area contributed by atoms with E-state index in [1.54, 1.807) is 23.5 Å². The summed E-state index contributed by atoms with van der Waals surface area (Å²) in [7, 11) is -3.75. The molecule has 1 saturated carbocycles. The lowest BCUT2D eigenvalue weighted by Crippen LogP contribution is -2.16. The average molecular weight is 512 g/mol. The van der Waals surface area contributed by atoms with E-state index in [1.165, 1.54) is 32.1 Å². The van der Waals surface area contributed by atoms with Gasteiger partial charge in [-0.05, 0) is 72.9 Å². The first-order valence-corrected chi connectivity index (χ1v) is 14.8. The third-order valence-corrected chi connectivity index (χ3v) is 9.47. The van der Waals surface area contributed by atoms with Crippen LogP contribution in [0.25, 0.3) is 10.4 Å². The Hall–Kier alpha value is -2.38. The van der Waals surface area contributed by atoms with Gasteiger partial charge >= 0.3 is 0 Å². The number of anilines is 2. The highest BCUT2D eigenvalue weighted by atomic mass is 32.2. The molecule has 0 radical (unpaired) electrons. The number of rotatable bonds is 7. The number of aryl methyl sites for hydroxylation is 2. The summed E-state index contributed by atoms with van der Waals surface area (Å²) in [4.78, 5) is 6.02. The number of nitrogens with one attached hydrogen (secondary N) is 2. The molecule has 1 aliphatic carbocycles. The zero-order valence-electron chi connectivity index (χ0n) is 21.4. The molecule has 0 spiro atoms. The number of aromatic nitrogens is 1. The van der Waals surface area contributed by atoms with E-state index >= 15 is 0 Å². The normalized spacial score (nSPS) is 15.2. The Labute approximate surface area is 214 Å². The van der Waals surface area contributed by atoms with Crippen LogP contribution in [-0.2, 0) is 15.4 Å². The first kappa shape index (κ1) is 25.7. The van der Waals surface area contributed by atoms with Gasteiger partial charge in [0.05, 0.1) is 15.5 Å². The molecule has 188 valence electrons. The van der Waals surface area contributed by atoms with Crippen LogP contribution in [0.4, 0.5) is 10.8 Å². The third kappa shape index (κ3) is 6.25. The number of hydrogen-bond donors (Lipinski definition) is 2. The summed E-state index contributed by atoms with van der Waals surface area (Å²) in [6.07, 6.45) is 6.57. The predicted molar refractivity (Wildman–Crippen MR) is 148 cm³/mol. The Morgan fingerprint density at radius 3 is 2.49 bits per heavy atom. The van der Waals surface area contributed by atoms with Gasteiger partial charge in [0.2, 0.25) is 0 Å². The quantitative estimate of drug-likeness (QED) is 0.344. The van der Waals surface area contributed by atoms with Gasteiger partial charge in [-0.2, -0.15) is 0 Å². The first-order valence-electron chi connectivity index (χ1n) is 12.5. The monoisotopic (exact) mass is 511 g/mol. The first-order chi connectivity index (χ1) is 16.5. The van der Waals surface area contributed by atoms with Gasteiger partial charge in [0, 0.05) is 12.2 Å². The Morgan fingerprint density at radius 2 is 1.77 bits per heavy atom. The van der Waals surface area contributed by atoms with E-state index in [2.05, 4.69) is 30.8 Å². The second-order valence-electron chi connectivity index (χ2n) is 10.7. The van der Waals surface area contributed by atoms with Crippen molar-refractivity contribution in [2.45, 2.75) is 77.0 Å². The SMILES string of the molecule is Cc1ccc(-c2sc(NCC3CCCCC3)nc2C)cc1S(=O)(=O)Nc1cccc(C(C)(C)C)c1. The fourth-order valence-electron chi connectivity index (χ4n) is 4.65. The van der Waals surface area contributed by atoms with Crippen molar-refractivity contribution in [2.75, 3.05) is 16.6 Å². The molecule has 0 saturated heterocycles. The summed E-state index contributed by atoms with van der Waals surface area (Å²) >= 11 is 1.60. The minimum Gasteiger partial charge on any atom is -0.361 e. The molecule has 2 N–H and O–H groups in total. The van der Waals surface area contributed by atoms with Gasteiger partial charge in [0.15, 0.2) is 5.13 Å². The summed E-state index contributed by atoms with van der Waals surface area (Å²) in [5, 5.41) is 4.44. The van der Waals surface area contributed by atoms with Crippen molar-refractivity contribution < 1.29 is 8.42 Å². The van der Waals surface area contributed by atoms with Crippen LogP contribution in [0.1, 0.15) is 69.7 Å². The molecule has 7 heteroatoms. The summed E-state index contributed by atoms with van der Waals surface area (Å²) in [5.41, 5.74) is 4.09. The van der Waals surface area contributed by atoms with Crippen molar-refractivity contribution in [3.05, 3.63) is 59.3 Å². The molecule has 35 heavy (non-hydrogen) atoms. The molecule has 0 unspecified atom stereocenters. The molecule has 0 amide bonds. The molecule has 1 aromatic heterocycles. The highest BCUT2D eigenvalue weighted by Crippen LogP contribution is 2.36. The van der Waals surface area contributed by atoms with Crippen LogP contribution < -0.4 is 10.0 Å². The molecule has 0 bridgehead atoms. The lowest BCUT2D eigenvalue weighted by molar-refractivity contribution is 0.373. The number of thiazole rings is 1. The smallest absolute Gasteiger partial charge is 0.262 e. The number of sulfonamides is 1. The minimum atomic E-state index is -3.75. The van der Waals surface area contributed by atoms with Crippen LogP contribution in [-0.4, -0.2) is 19.9 Å². The van der Waals surface area contributed by atoms with Gasteiger partial charge in [-0.1, -0.05) is 75.6 Å². The highest BCUT2D eigenvalue weighted by molar-refractivity contribution is 7.92. The Balaban J connectivity index is 1.56. The van der Waals surface area contributed by atoms with Gasteiger partial charge < -0.3 is 5.32 Å². The third-order valence-electron chi connectivity index (χ3n) is 6.78. The molecular weight excluding hydrogens is 474 g/mol. The molecule has 5 nitrogen and oxygen atoms in total. The van der Waals surface area contributed by atoms with Gasteiger partial charge in [-0.3, -0.25) is 4.72 Å². The van der Waals surface area contributed by atoms with E-state index in [0.29, 0.717) is 16.1 Å². The van der Waals surface area contributed by atoms with Crippen molar-refractivity contribution in [1.29, 1.82) is 0 Å². The lowest BCUT2D eigenvalue weighted by Gasteiger charge is -2.21. The van der Waals surface area contributed by atoms with Crippen molar-refractivity contribution in [3.8, 4) is 10.4 Å². The molecule has 0 aliphatic heterocycles. The van der Waals surface area contributed by atoms with Crippen LogP contribution in [0.15, 0.2) is 47.4 Å². The van der Waals surface area contributed by atoms with Crippen LogP contribution in [0.3, 0.4) is 0 Å². The Kier molecular flexibility index (Phi) is 7.57. The average Bonchev–Trinajstić information content (AvgIpc) is 3.18. The maximum atomic E-state index is 13.4. The number of hydrogen-bond acceptors (Lipinski definition) is 5. The van der Waals surface area contributed by atoms with Gasteiger partial charge in [0.25, 0.3) is 10.0 Å². The fourth-order valence-corrected chi connectivity index (χ4v) is 6.94. The standard InChI is InChI=1S/C28H37N3O2S2/c1-19-14-15-22(26-20(2)30-27(34-26)29-18-21-10-7-6-8-11-21)16-25(19)35(32,33)31-24-13-9-12-23(17-24)28(3,4)5/h9,12-17,21,31H,6-8,10-11,18H2,1-5H3,(H,29,30). The van der Waals surface area contributed by atoms with Gasteiger partial charge in [-0.25, -0.2) is 13.4 Å². The predicted octanol–water partition coefficient (Wildman–Crippen LogP) is 7.52. The molecule has 4 rings (SSSR count). The molecule has 1 heterocycles. The van der Waals surface area contributed by atoms with Crippen LogP contribution in [0, 0.1) is 19.8 Å². The van der Waals surface area contributed by atoms with E-state index in [-0.39, 0.29) is 5.41 Å². The van der Waals surface area contributed by atoms with Gasteiger partial charge in [0.1, 0.15) is 0 Å². The van der Waals surface area contributed by atoms with Crippen LogP contribution in [0.2, 0.25) is 0 Å². The largest absolute Gasteiger partial charge is 0.361 e. The molecule has 0 atom stereocenters. The Bertz CT molecular complexity index is 1280. The molecular formula is C28H37N3O2S2. The number of benzene rings is 2. The van der Waals surface area contributed by atoms with E-state index in [0.717, 1.165) is 39.3 Å². The second kappa shape index (κ2) is 10.3. The van der Waals surface area contributed by atoms with E-state index in [4.69, 9.17) is 4.98 Å². The zero-order valence-corrected chi connectivity index (χ0v) is 23.1. The van der Waals surface area contributed by atoms with Crippen molar-refractivity contribution >= 4 is 32.2 Å². The van der Waals surface area contributed by atoms with Crippen molar-refractivity contribution in [1.82, 2.24) is 4.98 Å².